The second kappa shape index (κ2) is 4.64. The summed E-state index contributed by atoms with van der Waals surface area (Å²) in [5.74, 6) is -4.06. The lowest BCUT2D eigenvalue weighted by Crippen LogP contribution is -1.93. The van der Waals surface area contributed by atoms with E-state index < -0.39 is 17.5 Å². The zero-order valence-electron chi connectivity index (χ0n) is 9.51. The van der Waals surface area contributed by atoms with Gasteiger partial charge >= 0.3 is 0 Å². The zero-order chi connectivity index (χ0) is 13.3. The van der Waals surface area contributed by atoms with E-state index in [4.69, 9.17) is 0 Å². The number of carbonyl (C=O) groups is 1. The minimum atomic E-state index is -1.49. The molecule has 0 fully saturated rings. The monoisotopic (exact) mass is 250 g/mol. The van der Waals surface area contributed by atoms with Crippen LogP contribution in [-0.2, 0) is 0 Å². The summed E-state index contributed by atoms with van der Waals surface area (Å²) in [4.78, 5) is 11.1. The number of hydrogen-bond acceptors (Lipinski definition) is 1. The van der Waals surface area contributed by atoms with Crippen LogP contribution in [-0.4, -0.2) is 5.78 Å². The summed E-state index contributed by atoms with van der Waals surface area (Å²) in [6, 6.07) is 8.06. The largest absolute Gasteiger partial charge is 0.295 e. The van der Waals surface area contributed by atoms with E-state index in [1.807, 2.05) is 0 Å². The molecule has 2 aromatic carbocycles. The Morgan fingerprint density at radius 2 is 1.39 bits per heavy atom. The zero-order valence-corrected chi connectivity index (χ0v) is 9.51. The third-order valence-electron chi connectivity index (χ3n) is 2.61. The summed E-state index contributed by atoms with van der Waals surface area (Å²) < 4.78 is 38.9. The van der Waals surface area contributed by atoms with Crippen molar-refractivity contribution in [2.24, 2.45) is 0 Å². The number of hydrogen-bond donors (Lipinski definition) is 0. The molecule has 0 saturated carbocycles. The first-order valence-electron chi connectivity index (χ1n) is 5.25. The van der Waals surface area contributed by atoms with E-state index in [0.717, 1.165) is 12.1 Å². The molecule has 0 aromatic heterocycles. The highest BCUT2D eigenvalue weighted by atomic mass is 19.2. The molecule has 0 N–H and O–H groups in total. The molecule has 0 amide bonds. The summed E-state index contributed by atoms with van der Waals surface area (Å²) in [5.41, 5.74) is 1.24. The van der Waals surface area contributed by atoms with E-state index in [2.05, 4.69) is 0 Å². The molecule has 0 aliphatic carbocycles. The average molecular weight is 250 g/mol. The van der Waals surface area contributed by atoms with Gasteiger partial charge in [0.15, 0.2) is 23.2 Å². The molecule has 2 aromatic rings. The van der Waals surface area contributed by atoms with Gasteiger partial charge in [-0.1, -0.05) is 24.3 Å². The molecule has 0 unspecified atom stereocenters. The van der Waals surface area contributed by atoms with Gasteiger partial charge in [0.2, 0.25) is 0 Å². The van der Waals surface area contributed by atoms with Crippen LogP contribution in [0.3, 0.4) is 0 Å². The van der Waals surface area contributed by atoms with Crippen LogP contribution in [0.4, 0.5) is 13.2 Å². The lowest BCUT2D eigenvalue weighted by molar-refractivity contribution is 0.101. The molecule has 92 valence electrons. The summed E-state index contributed by atoms with van der Waals surface area (Å²) in [6.45, 7) is 1.42. The molecular formula is C14H9F3O. The molecule has 18 heavy (non-hydrogen) atoms. The van der Waals surface area contributed by atoms with Gasteiger partial charge in [-0.3, -0.25) is 4.79 Å². The number of benzene rings is 2. The van der Waals surface area contributed by atoms with Crippen LogP contribution in [0.15, 0.2) is 36.4 Å². The van der Waals surface area contributed by atoms with Crippen LogP contribution in [0.25, 0.3) is 11.1 Å². The van der Waals surface area contributed by atoms with Gasteiger partial charge in [-0.2, -0.15) is 0 Å². The molecule has 0 radical (unpaired) electrons. The SMILES string of the molecule is CC(=O)c1ccc(-c2cc(F)c(F)c(F)c2)cc1. The smallest absolute Gasteiger partial charge is 0.194 e. The van der Waals surface area contributed by atoms with Crippen LogP contribution in [0.2, 0.25) is 0 Å². The van der Waals surface area contributed by atoms with Crippen molar-refractivity contribution in [3.63, 3.8) is 0 Å². The molecule has 1 nitrogen and oxygen atoms in total. The van der Waals surface area contributed by atoms with E-state index in [1.165, 1.54) is 6.92 Å². The van der Waals surface area contributed by atoms with Crippen molar-refractivity contribution < 1.29 is 18.0 Å². The summed E-state index contributed by atoms with van der Waals surface area (Å²) in [6.07, 6.45) is 0. The maximum atomic E-state index is 13.1. The molecule has 0 spiro atoms. The normalized spacial score (nSPS) is 10.4. The first-order chi connectivity index (χ1) is 8.49. The Morgan fingerprint density at radius 3 is 1.83 bits per heavy atom. The fourth-order valence-corrected chi connectivity index (χ4v) is 1.62. The van der Waals surface area contributed by atoms with Crippen molar-refractivity contribution in [1.82, 2.24) is 0 Å². The molecule has 0 aliphatic heterocycles. The fourth-order valence-electron chi connectivity index (χ4n) is 1.62. The maximum Gasteiger partial charge on any atom is 0.194 e. The Kier molecular flexibility index (Phi) is 3.19. The van der Waals surface area contributed by atoms with Crippen LogP contribution in [0.1, 0.15) is 17.3 Å². The van der Waals surface area contributed by atoms with Crippen molar-refractivity contribution in [2.75, 3.05) is 0 Å². The molecule has 0 heterocycles. The van der Waals surface area contributed by atoms with Gasteiger partial charge in [0.1, 0.15) is 0 Å². The fraction of sp³-hybridized carbons (Fsp3) is 0.0714. The van der Waals surface area contributed by atoms with Crippen molar-refractivity contribution in [3.8, 4) is 11.1 Å². The highest BCUT2D eigenvalue weighted by molar-refractivity contribution is 5.94. The predicted octanol–water partition coefficient (Wildman–Crippen LogP) is 3.97. The molecule has 0 atom stereocenters. The summed E-state index contributed by atoms with van der Waals surface area (Å²) in [5, 5.41) is 0. The van der Waals surface area contributed by atoms with Gasteiger partial charge in [0.05, 0.1) is 0 Å². The highest BCUT2D eigenvalue weighted by Crippen LogP contribution is 2.24. The lowest BCUT2D eigenvalue weighted by atomic mass is 10.0. The first-order valence-corrected chi connectivity index (χ1v) is 5.25. The number of rotatable bonds is 2. The third kappa shape index (κ3) is 2.27. The maximum absolute atomic E-state index is 13.1. The summed E-state index contributed by atoms with van der Waals surface area (Å²) in [7, 11) is 0. The molecule has 0 saturated heterocycles. The molecule has 0 bridgehead atoms. The van der Waals surface area contributed by atoms with Crippen molar-refractivity contribution >= 4 is 5.78 Å². The van der Waals surface area contributed by atoms with Gasteiger partial charge in [-0.25, -0.2) is 13.2 Å². The van der Waals surface area contributed by atoms with Gasteiger partial charge in [-0.05, 0) is 30.2 Å². The Bertz CT molecular complexity index is 580. The first kappa shape index (κ1) is 12.4. The van der Waals surface area contributed by atoms with Gasteiger partial charge in [0.25, 0.3) is 0 Å². The van der Waals surface area contributed by atoms with E-state index in [0.29, 0.717) is 11.1 Å². The molecular weight excluding hydrogens is 241 g/mol. The van der Waals surface area contributed by atoms with Gasteiger partial charge in [-0.15, -0.1) is 0 Å². The van der Waals surface area contributed by atoms with Crippen molar-refractivity contribution in [1.29, 1.82) is 0 Å². The Morgan fingerprint density at radius 1 is 0.889 bits per heavy atom. The van der Waals surface area contributed by atoms with Crippen LogP contribution < -0.4 is 0 Å². The quantitative estimate of drug-likeness (QED) is 0.582. The van der Waals surface area contributed by atoms with E-state index >= 15 is 0 Å². The Balaban J connectivity index is 2.46. The third-order valence-corrected chi connectivity index (χ3v) is 2.61. The van der Waals surface area contributed by atoms with E-state index in [9.17, 15) is 18.0 Å². The predicted molar refractivity (Wildman–Crippen MR) is 61.8 cm³/mol. The molecule has 4 heteroatoms. The number of halogens is 3. The minimum Gasteiger partial charge on any atom is -0.295 e. The Labute approximate surface area is 102 Å². The van der Waals surface area contributed by atoms with Crippen LogP contribution >= 0.6 is 0 Å². The second-order valence-corrected chi connectivity index (χ2v) is 3.89. The second-order valence-electron chi connectivity index (χ2n) is 3.89. The van der Waals surface area contributed by atoms with Crippen molar-refractivity contribution in [3.05, 3.63) is 59.4 Å². The van der Waals surface area contributed by atoms with Gasteiger partial charge in [0, 0.05) is 5.56 Å². The molecule has 2 rings (SSSR count). The highest BCUT2D eigenvalue weighted by Gasteiger charge is 2.11. The minimum absolute atomic E-state index is 0.0991. The van der Waals surface area contributed by atoms with Crippen LogP contribution in [0.5, 0.6) is 0 Å². The van der Waals surface area contributed by atoms with Gasteiger partial charge < -0.3 is 0 Å². The molecule has 0 aliphatic rings. The summed E-state index contributed by atoms with van der Waals surface area (Å²) >= 11 is 0. The van der Waals surface area contributed by atoms with Crippen LogP contribution in [0, 0.1) is 17.5 Å². The number of ketones is 1. The standard InChI is InChI=1S/C14H9F3O/c1-8(18)9-2-4-10(5-3-9)11-6-12(15)14(17)13(16)7-11/h2-7H,1H3. The number of Topliss-reactive ketones (excluding diaryl/α,β-unsaturated/α-hetero) is 1. The topological polar surface area (TPSA) is 17.1 Å². The van der Waals surface area contributed by atoms with E-state index in [-0.39, 0.29) is 11.3 Å². The van der Waals surface area contributed by atoms with E-state index in [1.54, 1.807) is 24.3 Å². The Hall–Kier alpha value is -2.10. The lowest BCUT2D eigenvalue weighted by Gasteiger charge is -2.04. The number of carbonyl (C=O) groups excluding carboxylic acids is 1. The van der Waals surface area contributed by atoms with Crippen molar-refractivity contribution in [2.45, 2.75) is 6.92 Å². The average Bonchev–Trinajstić information content (AvgIpc) is 2.35.